The second-order valence-corrected chi connectivity index (χ2v) is 14.4. The molecule has 48 heavy (non-hydrogen) atoms. The van der Waals surface area contributed by atoms with Gasteiger partial charge in [-0.05, 0) is 57.8 Å². The van der Waals surface area contributed by atoms with Gasteiger partial charge in [0.05, 0.1) is 0 Å². The minimum atomic E-state index is 0.123. The first-order valence-corrected chi connectivity index (χ1v) is 20.8. The first kappa shape index (κ1) is 46.2. The van der Waals surface area contributed by atoms with Crippen LogP contribution in [0.15, 0.2) is 24.9 Å². The van der Waals surface area contributed by atoms with E-state index < -0.39 is 0 Å². The average Bonchev–Trinajstić information content (AvgIpc) is 3.08. The predicted molar refractivity (Wildman–Crippen MR) is 210 cm³/mol. The highest BCUT2D eigenvalue weighted by Crippen LogP contribution is 2.14. The third-order valence-electron chi connectivity index (χ3n) is 9.53. The Bertz CT molecular complexity index is 741. The minimum Gasteiger partial charge on any atom is -0.389 e. The average molecular weight is 675 g/mol. The van der Waals surface area contributed by atoms with E-state index in [-0.39, 0.29) is 17.9 Å². The van der Waals surface area contributed by atoms with Crippen molar-refractivity contribution in [1.29, 1.82) is 0 Å². The van der Waals surface area contributed by atoms with E-state index in [2.05, 4.69) is 36.0 Å². The van der Waals surface area contributed by atoms with Gasteiger partial charge in [0.15, 0.2) is 0 Å². The molecule has 0 heterocycles. The topological polar surface area (TPSA) is 96.2 Å². The zero-order valence-electron chi connectivity index (χ0n) is 32.0. The zero-order valence-corrected chi connectivity index (χ0v) is 32.0. The van der Waals surface area contributed by atoms with Gasteiger partial charge in [0.2, 0.25) is 11.8 Å². The van der Waals surface area contributed by atoms with Crippen molar-refractivity contribution in [3.8, 4) is 0 Å². The Morgan fingerprint density at radius 3 is 1.25 bits per heavy atom. The molecule has 0 aliphatic rings. The predicted octanol–water partition coefficient (Wildman–Crippen LogP) is 10.9. The Morgan fingerprint density at radius 2 is 0.833 bits per heavy atom. The van der Waals surface area contributed by atoms with Gasteiger partial charge in [0, 0.05) is 44.2 Å². The lowest BCUT2D eigenvalue weighted by atomic mass is 10.0. The summed E-state index contributed by atoms with van der Waals surface area (Å²) in [7, 11) is 0. The van der Waals surface area contributed by atoms with E-state index in [1.54, 1.807) is 0 Å². The molecule has 5 N–H and O–H groups in total. The molecule has 6 nitrogen and oxygen atoms in total. The van der Waals surface area contributed by atoms with E-state index in [4.69, 9.17) is 5.73 Å². The van der Waals surface area contributed by atoms with Gasteiger partial charge in [-0.1, -0.05) is 148 Å². The van der Waals surface area contributed by atoms with Crippen molar-refractivity contribution in [3.63, 3.8) is 0 Å². The fourth-order valence-electron chi connectivity index (χ4n) is 6.20. The van der Waals surface area contributed by atoms with Gasteiger partial charge < -0.3 is 21.7 Å². The molecule has 0 aliphatic carbocycles. The van der Waals surface area contributed by atoms with Crippen LogP contribution in [0.2, 0.25) is 0 Å². The summed E-state index contributed by atoms with van der Waals surface area (Å²) in [6.07, 6.45) is 38.7. The lowest BCUT2D eigenvalue weighted by Crippen LogP contribution is -2.24. The van der Waals surface area contributed by atoms with E-state index in [0.717, 1.165) is 89.5 Å². The maximum absolute atomic E-state index is 12.1. The fourth-order valence-corrected chi connectivity index (χ4v) is 6.20. The summed E-state index contributed by atoms with van der Waals surface area (Å²) < 4.78 is 0. The molecule has 0 radical (unpaired) electrons. The van der Waals surface area contributed by atoms with Crippen LogP contribution in [-0.2, 0) is 9.59 Å². The highest BCUT2D eigenvalue weighted by molar-refractivity contribution is 5.76. The van der Waals surface area contributed by atoms with Gasteiger partial charge in [-0.2, -0.15) is 0 Å². The molecule has 0 fully saturated rings. The van der Waals surface area contributed by atoms with E-state index in [1.165, 1.54) is 122 Å². The van der Waals surface area contributed by atoms with Crippen LogP contribution in [0.25, 0.3) is 0 Å². The first-order chi connectivity index (χ1) is 23.5. The summed E-state index contributed by atoms with van der Waals surface area (Å²) >= 11 is 0. The third-order valence-corrected chi connectivity index (χ3v) is 9.53. The van der Waals surface area contributed by atoms with Crippen molar-refractivity contribution in [2.45, 2.75) is 212 Å². The number of hydrogen-bond acceptors (Lipinski definition) is 4. The van der Waals surface area contributed by atoms with Crippen molar-refractivity contribution in [3.05, 3.63) is 24.9 Å². The van der Waals surface area contributed by atoms with Gasteiger partial charge in [-0.15, -0.1) is 6.58 Å². The van der Waals surface area contributed by atoms with Crippen molar-refractivity contribution in [2.24, 2.45) is 5.73 Å². The third kappa shape index (κ3) is 37.0. The van der Waals surface area contributed by atoms with E-state index >= 15 is 0 Å². The number of hydrogen-bond donors (Lipinski definition) is 4. The van der Waals surface area contributed by atoms with E-state index in [0.29, 0.717) is 12.8 Å². The van der Waals surface area contributed by atoms with Crippen molar-refractivity contribution < 1.29 is 9.59 Å². The van der Waals surface area contributed by atoms with E-state index in [9.17, 15) is 9.59 Å². The molecule has 0 spiro atoms. The second kappa shape index (κ2) is 38.0. The molecule has 0 aromatic rings. The van der Waals surface area contributed by atoms with Gasteiger partial charge in [0.25, 0.3) is 0 Å². The van der Waals surface area contributed by atoms with Crippen LogP contribution in [0.5, 0.6) is 0 Å². The molecule has 2 amide bonds. The molecule has 282 valence electrons. The van der Waals surface area contributed by atoms with Crippen molar-refractivity contribution in [1.82, 2.24) is 16.0 Å². The van der Waals surface area contributed by atoms with Crippen molar-refractivity contribution >= 4 is 11.8 Å². The Hall–Kier alpha value is -1.82. The number of rotatable bonds is 39. The smallest absolute Gasteiger partial charge is 0.219 e. The summed E-state index contributed by atoms with van der Waals surface area (Å²) in [6, 6.07) is 0.123. The summed E-state index contributed by atoms with van der Waals surface area (Å²) in [5, 5.41) is 9.64. The Kier molecular flexibility index (Phi) is 36.5. The fraction of sp³-hybridized carbons (Fsp3) is 0.857. The van der Waals surface area contributed by atoms with Crippen LogP contribution in [-0.4, -0.2) is 37.5 Å². The summed E-state index contributed by atoms with van der Waals surface area (Å²) in [5.74, 6) is 0.429. The zero-order chi connectivity index (χ0) is 35.2. The van der Waals surface area contributed by atoms with Gasteiger partial charge in [-0.25, -0.2) is 0 Å². The first-order valence-electron chi connectivity index (χ1n) is 20.8. The lowest BCUT2D eigenvalue weighted by molar-refractivity contribution is -0.122. The molecule has 0 saturated heterocycles. The standard InChI is InChI=1S/C42H82N4O2/c1-4-6-7-8-9-10-11-12-13-14-15-21-26-34-41(47)46-38-30-24-19-17-22-27-35-42(48)45-37-29-23-18-16-20-25-32-39(3)44-36-31-28-33-40(43)5-2/h5,40,44H,2-4,6-38,43H2,1H3,(H,45,48)(H,46,47). The van der Waals surface area contributed by atoms with Gasteiger partial charge in [0.1, 0.15) is 0 Å². The molecule has 0 bridgehead atoms. The lowest BCUT2D eigenvalue weighted by Gasteiger charge is -2.10. The maximum Gasteiger partial charge on any atom is 0.219 e. The molecule has 0 aromatic carbocycles. The minimum absolute atomic E-state index is 0.123. The molecular weight excluding hydrogens is 592 g/mol. The number of nitrogens with one attached hydrogen (secondary N) is 3. The molecule has 1 atom stereocenters. The van der Waals surface area contributed by atoms with Crippen LogP contribution in [0.1, 0.15) is 206 Å². The normalized spacial score (nSPS) is 11.7. The van der Waals surface area contributed by atoms with Crippen LogP contribution >= 0.6 is 0 Å². The number of carbonyl (C=O) groups excluding carboxylic acids is 2. The van der Waals surface area contributed by atoms with Gasteiger partial charge in [-0.3, -0.25) is 9.59 Å². The highest BCUT2D eigenvalue weighted by atomic mass is 16.2. The molecule has 0 rings (SSSR count). The number of allylic oxidation sites excluding steroid dienone is 1. The SMILES string of the molecule is C=CC(N)CCCCNC(=C)CCCCCCCCNC(=O)CCCCCCCCNC(=O)CCCCCCCCCCCCCCC. The monoisotopic (exact) mass is 675 g/mol. The molecular formula is C42H82N4O2. The Labute approximate surface area is 299 Å². The molecule has 6 heteroatoms. The Morgan fingerprint density at radius 1 is 0.500 bits per heavy atom. The van der Waals surface area contributed by atoms with Crippen LogP contribution in [0.4, 0.5) is 0 Å². The molecule has 0 saturated carbocycles. The number of carbonyl (C=O) groups is 2. The quantitative estimate of drug-likeness (QED) is 0.0385. The van der Waals surface area contributed by atoms with Gasteiger partial charge >= 0.3 is 0 Å². The molecule has 1 unspecified atom stereocenters. The number of nitrogens with two attached hydrogens (primary N) is 1. The summed E-state index contributed by atoms with van der Waals surface area (Å²) in [5.41, 5.74) is 7.01. The van der Waals surface area contributed by atoms with E-state index in [1.807, 2.05) is 6.08 Å². The number of amides is 2. The van der Waals surface area contributed by atoms with Crippen molar-refractivity contribution in [2.75, 3.05) is 19.6 Å². The number of unbranched alkanes of at least 4 members (excludes halogenated alkanes) is 23. The largest absolute Gasteiger partial charge is 0.389 e. The highest BCUT2D eigenvalue weighted by Gasteiger charge is 2.03. The second-order valence-electron chi connectivity index (χ2n) is 14.4. The van der Waals surface area contributed by atoms with Crippen LogP contribution in [0.3, 0.4) is 0 Å². The Balaban J connectivity index is 3.31. The van der Waals surface area contributed by atoms with Crippen LogP contribution < -0.4 is 21.7 Å². The molecule has 0 aliphatic heterocycles. The summed E-state index contributed by atoms with van der Waals surface area (Å²) in [6.45, 7) is 12.8. The maximum atomic E-state index is 12.1. The molecule has 0 aromatic heterocycles. The van der Waals surface area contributed by atoms with Crippen LogP contribution in [0, 0.1) is 0 Å². The summed E-state index contributed by atoms with van der Waals surface area (Å²) in [4.78, 5) is 24.2.